The van der Waals surface area contributed by atoms with E-state index in [9.17, 15) is 4.79 Å². The van der Waals surface area contributed by atoms with Gasteiger partial charge < -0.3 is 10.5 Å². The van der Waals surface area contributed by atoms with E-state index in [1.165, 1.54) is 11.3 Å². The molecule has 6 heteroatoms. The van der Waals surface area contributed by atoms with Crippen molar-refractivity contribution in [2.24, 2.45) is 5.73 Å². The van der Waals surface area contributed by atoms with E-state index in [1.54, 1.807) is 30.5 Å². The first-order valence-electron chi connectivity index (χ1n) is 5.25. The minimum atomic E-state index is -0.0872. The number of benzene rings is 1. The van der Waals surface area contributed by atoms with Gasteiger partial charge in [0.1, 0.15) is 12.4 Å². The zero-order valence-electron chi connectivity index (χ0n) is 9.43. The highest BCUT2D eigenvalue weighted by Gasteiger charge is 2.04. The molecule has 0 fully saturated rings. The molecule has 2 aromatic rings. The van der Waals surface area contributed by atoms with E-state index in [4.69, 9.17) is 22.1 Å². The van der Waals surface area contributed by atoms with Gasteiger partial charge in [0, 0.05) is 11.8 Å². The lowest BCUT2D eigenvalue weighted by atomic mass is 10.1. The number of carbonyl (C=O) groups excluding carboxylic acids is 1. The summed E-state index contributed by atoms with van der Waals surface area (Å²) < 4.78 is 6.04. The van der Waals surface area contributed by atoms with E-state index in [2.05, 4.69) is 4.98 Å². The molecule has 2 N–H and O–H groups in total. The number of aromatic nitrogens is 1. The Labute approximate surface area is 113 Å². The minimum absolute atomic E-state index is 0.0135. The van der Waals surface area contributed by atoms with Crippen LogP contribution in [0.2, 0.25) is 4.47 Å². The van der Waals surface area contributed by atoms with Crippen molar-refractivity contribution < 1.29 is 9.53 Å². The number of hydrogen-bond donors (Lipinski definition) is 1. The molecule has 0 aliphatic heterocycles. The number of thiazole rings is 1. The predicted molar refractivity (Wildman–Crippen MR) is 71.3 cm³/mol. The third kappa shape index (κ3) is 3.29. The molecule has 18 heavy (non-hydrogen) atoms. The van der Waals surface area contributed by atoms with Gasteiger partial charge in [0.2, 0.25) is 0 Å². The largest absolute Gasteiger partial charge is 0.488 e. The molecule has 94 valence electrons. The molecule has 0 saturated heterocycles. The zero-order chi connectivity index (χ0) is 13.0. The average molecular weight is 283 g/mol. The average Bonchev–Trinajstić information content (AvgIpc) is 2.82. The van der Waals surface area contributed by atoms with Crippen LogP contribution in [0.5, 0.6) is 5.75 Å². The van der Waals surface area contributed by atoms with Crippen molar-refractivity contribution >= 4 is 28.7 Å². The maximum atomic E-state index is 11.3. The first-order chi connectivity index (χ1) is 8.69. The smallest absolute Gasteiger partial charge is 0.183 e. The van der Waals surface area contributed by atoms with Crippen LogP contribution < -0.4 is 10.5 Å². The van der Waals surface area contributed by atoms with E-state index < -0.39 is 0 Å². The first-order valence-corrected chi connectivity index (χ1v) is 6.45. The van der Waals surface area contributed by atoms with Gasteiger partial charge in [0.15, 0.2) is 10.3 Å². The quantitative estimate of drug-likeness (QED) is 0.856. The zero-order valence-corrected chi connectivity index (χ0v) is 11.0. The van der Waals surface area contributed by atoms with Gasteiger partial charge in [-0.05, 0) is 24.3 Å². The third-order valence-electron chi connectivity index (χ3n) is 2.27. The van der Waals surface area contributed by atoms with Crippen LogP contribution in [-0.4, -0.2) is 17.3 Å². The van der Waals surface area contributed by atoms with Crippen molar-refractivity contribution in [2.75, 3.05) is 6.54 Å². The van der Waals surface area contributed by atoms with Crippen LogP contribution in [0.4, 0.5) is 0 Å². The number of carbonyl (C=O) groups is 1. The van der Waals surface area contributed by atoms with Crippen molar-refractivity contribution in [3.05, 3.63) is 45.4 Å². The van der Waals surface area contributed by atoms with E-state index in [-0.39, 0.29) is 12.3 Å². The van der Waals surface area contributed by atoms with Gasteiger partial charge in [-0.25, -0.2) is 4.98 Å². The summed E-state index contributed by atoms with van der Waals surface area (Å²) in [6, 6.07) is 6.88. The van der Waals surface area contributed by atoms with Gasteiger partial charge in [-0.3, -0.25) is 4.79 Å². The van der Waals surface area contributed by atoms with Crippen molar-refractivity contribution in [2.45, 2.75) is 6.61 Å². The Hall–Kier alpha value is -1.43. The van der Waals surface area contributed by atoms with Crippen LogP contribution in [-0.2, 0) is 6.61 Å². The standard InChI is InChI=1S/C12H11ClN2O2S/c13-12-15-6-10(18-12)7-17-9-3-1-8(2-4-9)11(16)5-14/h1-4,6H,5,7,14H2. The summed E-state index contributed by atoms with van der Waals surface area (Å²) in [5.41, 5.74) is 5.87. The molecule has 0 unspecified atom stereocenters. The monoisotopic (exact) mass is 282 g/mol. The van der Waals surface area contributed by atoms with Crippen molar-refractivity contribution in [1.29, 1.82) is 0 Å². The fourth-order valence-electron chi connectivity index (χ4n) is 1.36. The summed E-state index contributed by atoms with van der Waals surface area (Å²) in [6.45, 7) is 0.425. The first kappa shape index (κ1) is 13.0. The number of hydrogen-bond acceptors (Lipinski definition) is 5. The second-order valence-electron chi connectivity index (χ2n) is 3.52. The van der Waals surface area contributed by atoms with Crippen LogP contribution in [0, 0.1) is 0 Å². The fourth-order valence-corrected chi connectivity index (χ4v) is 2.25. The highest BCUT2D eigenvalue weighted by molar-refractivity contribution is 7.15. The minimum Gasteiger partial charge on any atom is -0.488 e. The number of nitrogens with two attached hydrogens (primary N) is 1. The molecule has 1 aromatic heterocycles. The Balaban J connectivity index is 1.96. The summed E-state index contributed by atoms with van der Waals surface area (Å²) in [5, 5.41) is 0. The summed E-state index contributed by atoms with van der Waals surface area (Å²) in [7, 11) is 0. The second kappa shape index (κ2) is 5.95. The molecule has 1 heterocycles. The SMILES string of the molecule is NCC(=O)c1ccc(OCc2cnc(Cl)s2)cc1. The van der Waals surface area contributed by atoms with Gasteiger partial charge >= 0.3 is 0 Å². The molecule has 1 aromatic carbocycles. The van der Waals surface area contributed by atoms with Gasteiger partial charge in [-0.15, -0.1) is 11.3 Å². The van der Waals surface area contributed by atoms with Crippen LogP contribution in [0.15, 0.2) is 30.5 Å². The Morgan fingerprint density at radius 3 is 2.67 bits per heavy atom. The summed E-state index contributed by atoms with van der Waals surface area (Å²) in [5.74, 6) is 0.601. The number of ketones is 1. The molecular weight excluding hydrogens is 272 g/mol. The van der Waals surface area contributed by atoms with Gasteiger partial charge in [0.25, 0.3) is 0 Å². The van der Waals surface area contributed by atoms with E-state index >= 15 is 0 Å². The number of Topliss-reactive ketones (excluding diaryl/α,β-unsaturated/α-hetero) is 1. The molecule has 0 aliphatic carbocycles. The lowest BCUT2D eigenvalue weighted by Gasteiger charge is -2.04. The van der Waals surface area contributed by atoms with Crippen molar-refractivity contribution in [1.82, 2.24) is 4.98 Å². The molecular formula is C12H11ClN2O2S. The lowest BCUT2D eigenvalue weighted by molar-refractivity contribution is 0.100. The summed E-state index contributed by atoms with van der Waals surface area (Å²) in [4.78, 5) is 16.2. The molecule has 0 atom stereocenters. The molecule has 0 aliphatic rings. The molecule has 4 nitrogen and oxygen atoms in total. The van der Waals surface area contributed by atoms with E-state index in [0.717, 1.165) is 4.88 Å². The molecule has 0 bridgehead atoms. The molecule has 0 saturated carbocycles. The van der Waals surface area contributed by atoms with Crippen LogP contribution in [0.1, 0.15) is 15.2 Å². The molecule has 0 radical (unpaired) electrons. The maximum Gasteiger partial charge on any atom is 0.183 e. The lowest BCUT2D eigenvalue weighted by Crippen LogP contribution is -2.13. The molecule has 2 rings (SSSR count). The van der Waals surface area contributed by atoms with Gasteiger partial charge in [-0.1, -0.05) is 11.6 Å². The van der Waals surface area contributed by atoms with Crippen molar-refractivity contribution in [3.8, 4) is 5.75 Å². The van der Waals surface area contributed by atoms with E-state index in [1.807, 2.05) is 0 Å². The molecule has 0 amide bonds. The highest BCUT2D eigenvalue weighted by atomic mass is 35.5. The van der Waals surface area contributed by atoms with E-state index in [0.29, 0.717) is 22.4 Å². The Bertz CT molecular complexity index is 539. The third-order valence-corrected chi connectivity index (χ3v) is 3.36. The number of halogens is 1. The molecule has 0 spiro atoms. The Morgan fingerprint density at radius 1 is 1.39 bits per heavy atom. The normalized spacial score (nSPS) is 10.3. The summed E-state index contributed by atoms with van der Waals surface area (Å²) in [6.07, 6.45) is 1.68. The Kier molecular flexibility index (Phi) is 4.30. The van der Waals surface area contributed by atoms with Gasteiger partial charge in [-0.2, -0.15) is 0 Å². The Morgan fingerprint density at radius 2 is 2.11 bits per heavy atom. The highest BCUT2D eigenvalue weighted by Crippen LogP contribution is 2.20. The van der Waals surface area contributed by atoms with Crippen LogP contribution in [0.25, 0.3) is 0 Å². The number of ether oxygens (including phenoxy) is 1. The maximum absolute atomic E-state index is 11.3. The topological polar surface area (TPSA) is 65.2 Å². The van der Waals surface area contributed by atoms with Crippen LogP contribution >= 0.6 is 22.9 Å². The van der Waals surface area contributed by atoms with Crippen molar-refractivity contribution in [3.63, 3.8) is 0 Å². The summed E-state index contributed by atoms with van der Waals surface area (Å²) >= 11 is 7.09. The fraction of sp³-hybridized carbons (Fsp3) is 0.167. The second-order valence-corrected chi connectivity index (χ2v) is 5.22. The predicted octanol–water partition coefficient (Wildman–Crippen LogP) is 2.52. The van der Waals surface area contributed by atoms with Crippen LogP contribution in [0.3, 0.4) is 0 Å². The van der Waals surface area contributed by atoms with Gasteiger partial charge in [0.05, 0.1) is 11.4 Å². The number of nitrogens with zero attached hydrogens (tertiary/aromatic N) is 1. The number of rotatable bonds is 5.